The van der Waals surface area contributed by atoms with E-state index in [2.05, 4.69) is 38.1 Å². The van der Waals surface area contributed by atoms with Crippen LogP contribution in [0.5, 0.6) is 0 Å². The highest BCUT2D eigenvalue weighted by Gasteiger charge is 2.27. The first kappa shape index (κ1) is 15.7. The van der Waals surface area contributed by atoms with E-state index in [1.54, 1.807) is 0 Å². The fourth-order valence-corrected chi connectivity index (χ4v) is 4.93. The molecule has 24 heavy (non-hydrogen) atoms. The van der Waals surface area contributed by atoms with Crippen LogP contribution in [0.3, 0.4) is 0 Å². The number of hydrogen-bond acceptors (Lipinski definition) is 2. The molecular formula is C20H18ClNOS. The zero-order chi connectivity index (χ0) is 16.8. The molecule has 4 heteroatoms. The van der Waals surface area contributed by atoms with Crippen molar-refractivity contribution in [3.05, 3.63) is 63.0 Å². The van der Waals surface area contributed by atoms with Crippen LogP contribution in [0.25, 0.3) is 10.1 Å². The van der Waals surface area contributed by atoms with Crippen molar-refractivity contribution in [2.75, 3.05) is 11.4 Å². The second-order valence-electron chi connectivity index (χ2n) is 6.44. The fraction of sp³-hybridized carbons (Fsp3) is 0.250. The van der Waals surface area contributed by atoms with Crippen LogP contribution in [0.2, 0.25) is 5.02 Å². The quantitative estimate of drug-likeness (QED) is 0.543. The number of halogens is 1. The Labute approximate surface area is 150 Å². The molecule has 4 rings (SSSR count). The highest BCUT2D eigenvalue weighted by Crippen LogP contribution is 2.38. The molecule has 0 bridgehead atoms. The first-order valence-electron chi connectivity index (χ1n) is 8.14. The summed E-state index contributed by atoms with van der Waals surface area (Å²) in [5.41, 5.74) is 4.70. The van der Waals surface area contributed by atoms with Crippen molar-refractivity contribution in [3.63, 3.8) is 0 Å². The van der Waals surface area contributed by atoms with E-state index in [1.165, 1.54) is 28.0 Å². The highest BCUT2D eigenvalue weighted by atomic mass is 35.5. The summed E-state index contributed by atoms with van der Waals surface area (Å²) in [5.74, 6) is 0.0173. The van der Waals surface area contributed by atoms with Crippen LogP contribution in [-0.2, 0) is 6.42 Å². The molecule has 0 saturated carbocycles. The van der Waals surface area contributed by atoms with Gasteiger partial charge < -0.3 is 4.90 Å². The van der Waals surface area contributed by atoms with Gasteiger partial charge in [-0.2, -0.15) is 0 Å². The molecule has 1 amide bonds. The Morgan fingerprint density at radius 3 is 2.71 bits per heavy atom. The molecule has 0 aliphatic carbocycles. The standard InChI is InChI=1S/C20H18ClNOS/c1-12-6-8-16-14(10-12)4-3-9-22(16)20(23)19-18(21)15-7-5-13(2)11-17(15)24-19/h5-8,10-11H,3-4,9H2,1-2H3. The van der Waals surface area contributed by atoms with Crippen LogP contribution in [-0.4, -0.2) is 12.5 Å². The molecular weight excluding hydrogens is 338 g/mol. The number of amides is 1. The lowest BCUT2D eigenvalue weighted by Crippen LogP contribution is -2.35. The fourth-order valence-electron chi connectivity index (χ4n) is 3.37. The van der Waals surface area contributed by atoms with E-state index in [9.17, 15) is 4.79 Å². The van der Waals surface area contributed by atoms with Crippen molar-refractivity contribution in [1.29, 1.82) is 0 Å². The number of carbonyl (C=O) groups is 1. The van der Waals surface area contributed by atoms with E-state index < -0.39 is 0 Å². The van der Waals surface area contributed by atoms with Crippen molar-refractivity contribution >= 4 is 44.6 Å². The summed E-state index contributed by atoms with van der Waals surface area (Å²) in [5, 5.41) is 1.55. The van der Waals surface area contributed by atoms with E-state index in [4.69, 9.17) is 11.6 Å². The molecule has 2 aromatic carbocycles. The monoisotopic (exact) mass is 355 g/mol. The van der Waals surface area contributed by atoms with Crippen molar-refractivity contribution < 1.29 is 4.79 Å². The summed E-state index contributed by atoms with van der Waals surface area (Å²) in [6, 6.07) is 12.5. The molecule has 0 saturated heterocycles. The average molecular weight is 356 g/mol. The smallest absolute Gasteiger partial charge is 0.269 e. The number of anilines is 1. The third-order valence-electron chi connectivity index (χ3n) is 4.58. The van der Waals surface area contributed by atoms with Crippen LogP contribution in [0.1, 0.15) is 32.8 Å². The van der Waals surface area contributed by atoms with E-state index in [0.717, 1.165) is 35.2 Å². The van der Waals surface area contributed by atoms with Crippen molar-refractivity contribution in [3.8, 4) is 0 Å². The summed E-state index contributed by atoms with van der Waals surface area (Å²) < 4.78 is 1.07. The lowest BCUT2D eigenvalue weighted by atomic mass is 9.99. The van der Waals surface area contributed by atoms with Crippen LogP contribution in [0.4, 0.5) is 5.69 Å². The molecule has 1 aliphatic heterocycles. The lowest BCUT2D eigenvalue weighted by Gasteiger charge is -2.29. The van der Waals surface area contributed by atoms with Crippen LogP contribution >= 0.6 is 22.9 Å². The van der Waals surface area contributed by atoms with Crippen molar-refractivity contribution in [2.24, 2.45) is 0 Å². The van der Waals surface area contributed by atoms with Gasteiger partial charge in [-0.1, -0.05) is 41.4 Å². The molecule has 0 fully saturated rings. The van der Waals surface area contributed by atoms with Crippen molar-refractivity contribution in [1.82, 2.24) is 0 Å². The zero-order valence-electron chi connectivity index (χ0n) is 13.7. The first-order chi connectivity index (χ1) is 11.5. The summed E-state index contributed by atoms with van der Waals surface area (Å²) in [6.07, 6.45) is 2.02. The maximum Gasteiger partial charge on any atom is 0.269 e. The molecule has 0 unspecified atom stereocenters. The predicted molar refractivity (Wildman–Crippen MR) is 103 cm³/mol. The van der Waals surface area contributed by atoms with Gasteiger partial charge in [0.2, 0.25) is 0 Å². The minimum absolute atomic E-state index is 0.0173. The minimum Gasteiger partial charge on any atom is -0.307 e. The molecule has 1 aliphatic rings. The number of benzene rings is 2. The number of rotatable bonds is 1. The van der Waals surface area contributed by atoms with Crippen LogP contribution < -0.4 is 4.90 Å². The minimum atomic E-state index is 0.0173. The number of fused-ring (bicyclic) bond motifs is 2. The van der Waals surface area contributed by atoms with Gasteiger partial charge in [0, 0.05) is 22.3 Å². The maximum absolute atomic E-state index is 13.2. The van der Waals surface area contributed by atoms with Crippen LogP contribution in [0.15, 0.2) is 36.4 Å². The average Bonchev–Trinajstić information content (AvgIpc) is 2.89. The molecule has 0 atom stereocenters. The second-order valence-corrected chi connectivity index (χ2v) is 7.87. The van der Waals surface area contributed by atoms with Gasteiger partial charge in [0.25, 0.3) is 5.91 Å². The topological polar surface area (TPSA) is 20.3 Å². The zero-order valence-corrected chi connectivity index (χ0v) is 15.3. The summed E-state index contributed by atoms with van der Waals surface area (Å²) in [4.78, 5) is 15.7. The Kier molecular flexibility index (Phi) is 3.86. The predicted octanol–water partition coefficient (Wildman–Crippen LogP) is 5.76. The third kappa shape index (κ3) is 2.52. The Morgan fingerprint density at radius 1 is 1.12 bits per heavy atom. The number of carbonyl (C=O) groups excluding carboxylic acids is 1. The maximum atomic E-state index is 13.2. The molecule has 122 valence electrons. The van der Waals surface area contributed by atoms with Gasteiger partial charge in [0.1, 0.15) is 4.88 Å². The van der Waals surface area contributed by atoms with Gasteiger partial charge >= 0.3 is 0 Å². The van der Waals surface area contributed by atoms with Gasteiger partial charge in [-0.3, -0.25) is 4.79 Å². The van der Waals surface area contributed by atoms with E-state index in [1.807, 2.05) is 17.0 Å². The number of thiophene rings is 1. The molecule has 3 aromatic rings. The van der Waals surface area contributed by atoms with Crippen LogP contribution in [0, 0.1) is 13.8 Å². The summed E-state index contributed by atoms with van der Waals surface area (Å²) in [6.45, 7) is 4.89. The van der Waals surface area contributed by atoms with E-state index in [-0.39, 0.29) is 5.91 Å². The Hall–Kier alpha value is -1.84. The van der Waals surface area contributed by atoms with E-state index >= 15 is 0 Å². The van der Waals surface area contributed by atoms with Crippen molar-refractivity contribution in [2.45, 2.75) is 26.7 Å². The Bertz CT molecular complexity index is 960. The highest BCUT2D eigenvalue weighted by molar-refractivity contribution is 7.21. The Balaban J connectivity index is 1.79. The summed E-state index contributed by atoms with van der Waals surface area (Å²) >= 11 is 8.03. The third-order valence-corrected chi connectivity index (χ3v) is 6.22. The lowest BCUT2D eigenvalue weighted by molar-refractivity contribution is 0.0989. The molecule has 0 spiro atoms. The van der Waals surface area contributed by atoms with Gasteiger partial charge in [-0.25, -0.2) is 0 Å². The molecule has 2 heterocycles. The van der Waals surface area contributed by atoms with Gasteiger partial charge in [-0.05, 0) is 49.9 Å². The first-order valence-corrected chi connectivity index (χ1v) is 9.34. The normalized spacial score (nSPS) is 14.0. The molecule has 2 nitrogen and oxygen atoms in total. The van der Waals surface area contributed by atoms with E-state index in [0.29, 0.717) is 9.90 Å². The number of aryl methyl sites for hydroxylation is 3. The van der Waals surface area contributed by atoms with Gasteiger partial charge in [0.05, 0.1) is 5.02 Å². The molecule has 1 aromatic heterocycles. The number of hydrogen-bond donors (Lipinski definition) is 0. The molecule has 0 radical (unpaired) electrons. The van der Waals surface area contributed by atoms with Gasteiger partial charge in [-0.15, -0.1) is 11.3 Å². The largest absolute Gasteiger partial charge is 0.307 e. The number of nitrogens with zero attached hydrogens (tertiary/aromatic N) is 1. The SMILES string of the molecule is Cc1ccc2c(c1)CCCN2C(=O)c1sc2cc(C)ccc2c1Cl. The molecule has 0 N–H and O–H groups in total. The summed E-state index contributed by atoms with van der Waals surface area (Å²) in [7, 11) is 0. The second kappa shape index (κ2) is 5.91. The Morgan fingerprint density at radius 2 is 1.88 bits per heavy atom. The van der Waals surface area contributed by atoms with Gasteiger partial charge in [0.15, 0.2) is 0 Å².